The third-order valence-corrected chi connectivity index (χ3v) is 5.35. The highest BCUT2D eigenvalue weighted by atomic mass is 35.5. The van der Waals surface area contributed by atoms with Gasteiger partial charge in [0.25, 0.3) is 0 Å². The molecule has 0 radical (unpaired) electrons. The summed E-state index contributed by atoms with van der Waals surface area (Å²) < 4.78 is 50.0. The molecule has 0 aliphatic rings. The quantitative estimate of drug-likeness (QED) is 0.289. The number of methoxy groups -OCH3 is 1. The van der Waals surface area contributed by atoms with E-state index in [0.29, 0.717) is 20.5 Å². The SMILES string of the molecule is COc1ccc(/C=C/C(=O)c2ccc(Cl)s2)cc1COc1cccc(C(F)(F)F)c1. The summed E-state index contributed by atoms with van der Waals surface area (Å²) in [6, 6.07) is 13.2. The normalized spacial score (nSPS) is 11.6. The second kappa shape index (κ2) is 9.36. The van der Waals surface area contributed by atoms with E-state index in [0.717, 1.165) is 17.7 Å². The van der Waals surface area contributed by atoms with Gasteiger partial charge in [0.2, 0.25) is 0 Å². The summed E-state index contributed by atoms with van der Waals surface area (Å²) in [4.78, 5) is 12.7. The van der Waals surface area contributed by atoms with Crippen LogP contribution < -0.4 is 9.47 Å². The lowest BCUT2D eigenvalue weighted by molar-refractivity contribution is -0.137. The predicted molar refractivity (Wildman–Crippen MR) is 111 cm³/mol. The van der Waals surface area contributed by atoms with E-state index in [9.17, 15) is 18.0 Å². The van der Waals surface area contributed by atoms with Crippen molar-refractivity contribution in [1.82, 2.24) is 0 Å². The standard InChI is InChI=1S/C22H16ClF3O3S/c1-28-19-8-6-14(5-7-18(27)20-9-10-21(23)30-20)11-15(19)13-29-17-4-2-3-16(12-17)22(24,25)26/h2-12H,13H2,1H3/b7-5+. The molecule has 0 spiro atoms. The molecule has 1 heterocycles. The van der Waals surface area contributed by atoms with Gasteiger partial charge < -0.3 is 9.47 Å². The second-order valence-corrected chi connectivity index (χ2v) is 7.90. The molecule has 1 aromatic heterocycles. The Morgan fingerprint density at radius 1 is 1.13 bits per heavy atom. The lowest BCUT2D eigenvalue weighted by atomic mass is 10.1. The van der Waals surface area contributed by atoms with E-state index in [1.165, 1.54) is 36.7 Å². The van der Waals surface area contributed by atoms with Crippen LogP contribution in [0.25, 0.3) is 6.08 Å². The van der Waals surface area contributed by atoms with Gasteiger partial charge >= 0.3 is 6.18 Å². The van der Waals surface area contributed by atoms with Crippen molar-refractivity contribution in [3.63, 3.8) is 0 Å². The largest absolute Gasteiger partial charge is 0.496 e. The molecule has 156 valence electrons. The van der Waals surface area contributed by atoms with Crippen molar-refractivity contribution >= 4 is 34.8 Å². The maximum atomic E-state index is 12.9. The van der Waals surface area contributed by atoms with Gasteiger partial charge in [0.1, 0.15) is 18.1 Å². The minimum Gasteiger partial charge on any atom is -0.496 e. The van der Waals surface area contributed by atoms with Gasteiger partial charge in [0, 0.05) is 5.56 Å². The Morgan fingerprint density at radius 3 is 2.60 bits per heavy atom. The zero-order valence-corrected chi connectivity index (χ0v) is 17.3. The molecule has 0 atom stereocenters. The monoisotopic (exact) mass is 452 g/mol. The molecule has 0 bridgehead atoms. The molecule has 0 saturated heterocycles. The van der Waals surface area contributed by atoms with Gasteiger partial charge in [-0.25, -0.2) is 0 Å². The Morgan fingerprint density at radius 2 is 1.93 bits per heavy atom. The highest BCUT2D eigenvalue weighted by molar-refractivity contribution is 7.18. The van der Waals surface area contributed by atoms with Crippen molar-refractivity contribution < 1.29 is 27.4 Å². The van der Waals surface area contributed by atoms with Crippen LogP contribution >= 0.6 is 22.9 Å². The molecule has 0 amide bonds. The fourth-order valence-electron chi connectivity index (χ4n) is 2.64. The Balaban J connectivity index is 1.75. The molecule has 0 unspecified atom stereocenters. The smallest absolute Gasteiger partial charge is 0.416 e. The van der Waals surface area contributed by atoms with Crippen molar-refractivity contribution in [3.05, 3.63) is 86.6 Å². The summed E-state index contributed by atoms with van der Waals surface area (Å²) in [5.74, 6) is 0.442. The molecule has 3 rings (SSSR count). The molecule has 0 N–H and O–H groups in total. The Labute approximate surface area is 180 Å². The van der Waals surface area contributed by atoms with E-state index in [-0.39, 0.29) is 18.1 Å². The number of rotatable bonds is 7. The van der Waals surface area contributed by atoms with Crippen LogP contribution in [0.15, 0.2) is 60.7 Å². The van der Waals surface area contributed by atoms with E-state index < -0.39 is 11.7 Å². The minimum absolute atomic E-state index is 0.000638. The summed E-state index contributed by atoms with van der Waals surface area (Å²) in [5.41, 5.74) is 0.564. The molecular weight excluding hydrogens is 437 g/mol. The third kappa shape index (κ3) is 5.64. The first-order valence-corrected chi connectivity index (χ1v) is 9.90. The number of alkyl halides is 3. The summed E-state index contributed by atoms with van der Waals surface area (Å²) in [6.45, 7) is 0.000638. The minimum atomic E-state index is -4.44. The predicted octanol–water partition coefficient (Wildman–Crippen LogP) is 6.90. The number of ether oxygens (including phenoxy) is 2. The Bertz CT molecular complexity index is 1070. The van der Waals surface area contributed by atoms with Gasteiger partial charge in [-0.15, -0.1) is 11.3 Å². The Kier molecular flexibility index (Phi) is 6.84. The lowest BCUT2D eigenvalue weighted by Gasteiger charge is -2.13. The molecule has 0 aliphatic carbocycles. The van der Waals surface area contributed by atoms with Crippen LogP contribution in [-0.4, -0.2) is 12.9 Å². The lowest BCUT2D eigenvalue weighted by Crippen LogP contribution is -2.05. The molecule has 8 heteroatoms. The molecule has 0 saturated carbocycles. The molecule has 30 heavy (non-hydrogen) atoms. The van der Waals surface area contributed by atoms with Crippen LogP contribution in [0.2, 0.25) is 4.34 Å². The van der Waals surface area contributed by atoms with Gasteiger partial charge in [0.05, 0.1) is 21.9 Å². The summed E-state index contributed by atoms with van der Waals surface area (Å²) in [7, 11) is 1.49. The number of hydrogen-bond acceptors (Lipinski definition) is 4. The number of carbonyl (C=O) groups is 1. The van der Waals surface area contributed by atoms with Crippen LogP contribution in [0.4, 0.5) is 13.2 Å². The number of benzene rings is 2. The van der Waals surface area contributed by atoms with E-state index in [1.54, 1.807) is 36.4 Å². The third-order valence-electron chi connectivity index (χ3n) is 4.10. The van der Waals surface area contributed by atoms with Gasteiger partial charge in [0.15, 0.2) is 5.78 Å². The molecule has 3 nitrogen and oxygen atoms in total. The first-order chi connectivity index (χ1) is 14.3. The van der Waals surface area contributed by atoms with Crippen molar-refractivity contribution in [3.8, 4) is 11.5 Å². The van der Waals surface area contributed by atoms with Crippen LogP contribution in [0.5, 0.6) is 11.5 Å². The molecule has 0 aliphatic heterocycles. The van der Waals surface area contributed by atoms with Crippen LogP contribution in [0.1, 0.15) is 26.4 Å². The van der Waals surface area contributed by atoms with Crippen molar-refractivity contribution in [2.24, 2.45) is 0 Å². The van der Waals surface area contributed by atoms with Crippen molar-refractivity contribution in [2.75, 3.05) is 7.11 Å². The summed E-state index contributed by atoms with van der Waals surface area (Å²) >= 11 is 7.04. The highest BCUT2D eigenvalue weighted by Crippen LogP contribution is 2.32. The summed E-state index contributed by atoms with van der Waals surface area (Å²) in [6.07, 6.45) is -1.37. The van der Waals surface area contributed by atoms with Crippen LogP contribution in [0.3, 0.4) is 0 Å². The number of hydrogen-bond donors (Lipinski definition) is 0. The fourth-order valence-corrected chi connectivity index (χ4v) is 3.60. The Hall–Kier alpha value is -2.77. The average molecular weight is 453 g/mol. The van der Waals surface area contributed by atoms with Crippen molar-refractivity contribution in [2.45, 2.75) is 12.8 Å². The first-order valence-electron chi connectivity index (χ1n) is 8.71. The number of allylic oxidation sites excluding steroid dienone is 1. The number of thiophene rings is 1. The van der Waals surface area contributed by atoms with Crippen molar-refractivity contribution in [1.29, 1.82) is 0 Å². The fraction of sp³-hybridized carbons (Fsp3) is 0.136. The van der Waals surface area contributed by atoms with Gasteiger partial charge in [-0.3, -0.25) is 4.79 Å². The van der Waals surface area contributed by atoms with Crippen LogP contribution in [0, 0.1) is 0 Å². The number of carbonyl (C=O) groups excluding carboxylic acids is 1. The first kappa shape index (κ1) is 21.9. The maximum absolute atomic E-state index is 12.9. The highest BCUT2D eigenvalue weighted by Gasteiger charge is 2.30. The molecule has 2 aromatic carbocycles. The molecular formula is C22H16ClF3O3S. The molecule has 0 fully saturated rings. The van der Waals surface area contributed by atoms with E-state index >= 15 is 0 Å². The van der Waals surface area contributed by atoms with E-state index in [2.05, 4.69) is 0 Å². The van der Waals surface area contributed by atoms with Gasteiger partial charge in [-0.2, -0.15) is 13.2 Å². The number of halogens is 4. The van der Waals surface area contributed by atoms with Gasteiger partial charge in [-0.05, 0) is 54.1 Å². The van der Waals surface area contributed by atoms with Gasteiger partial charge in [-0.1, -0.05) is 29.8 Å². The molecule has 3 aromatic rings. The summed E-state index contributed by atoms with van der Waals surface area (Å²) in [5, 5.41) is 0. The topological polar surface area (TPSA) is 35.5 Å². The second-order valence-electron chi connectivity index (χ2n) is 6.19. The van der Waals surface area contributed by atoms with Crippen LogP contribution in [-0.2, 0) is 12.8 Å². The average Bonchev–Trinajstić information content (AvgIpc) is 3.16. The zero-order valence-electron chi connectivity index (χ0n) is 15.7. The van der Waals surface area contributed by atoms with E-state index in [4.69, 9.17) is 21.1 Å². The zero-order chi connectivity index (χ0) is 21.7. The van der Waals surface area contributed by atoms with E-state index in [1.807, 2.05) is 0 Å². The number of ketones is 1. The maximum Gasteiger partial charge on any atom is 0.416 e.